The number of nitro groups is 1. The number of benzene rings is 2. The van der Waals surface area contributed by atoms with Crippen LogP contribution in [-0.4, -0.2) is 17.0 Å². The van der Waals surface area contributed by atoms with Crippen LogP contribution in [0.3, 0.4) is 0 Å². The van der Waals surface area contributed by atoms with Crippen LogP contribution in [0.4, 0.5) is 5.69 Å². The van der Waals surface area contributed by atoms with Crippen LogP contribution in [0.1, 0.15) is 11.1 Å². The van der Waals surface area contributed by atoms with Gasteiger partial charge < -0.3 is 0 Å². The van der Waals surface area contributed by atoms with Crippen LogP contribution in [0.25, 0.3) is 6.08 Å². The van der Waals surface area contributed by atoms with Gasteiger partial charge in [0.1, 0.15) is 0 Å². The van der Waals surface area contributed by atoms with Gasteiger partial charge in [0, 0.05) is 18.3 Å². The minimum Gasteiger partial charge on any atom is -0.273 e. The zero-order valence-electron chi connectivity index (χ0n) is 12.3. The summed E-state index contributed by atoms with van der Waals surface area (Å²) >= 11 is 0. The van der Waals surface area contributed by atoms with E-state index in [9.17, 15) is 14.9 Å². The zero-order chi connectivity index (χ0) is 16.5. The van der Waals surface area contributed by atoms with E-state index in [-0.39, 0.29) is 18.0 Å². The Balaban J connectivity index is 1.79. The van der Waals surface area contributed by atoms with Crippen molar-refractivity contribution in [2.75, 3.05) is 0 Å². The predicted molar refractivity (Wildman–Crippen MR) is 88.9 cm³/mol. The first kappa shape index (κ1) is 16.1. The molecule has 2 aromatic rings. The van der Waals surface area contributed by atoms with Crippen LogP contribution in [0.2, 0.25) is 0 Å². The molecule has 2 rings (SSSR count). The maximum absolute atomic E-state index is 11.7. The van der Waals surface area contributed by atoms with Gasteiger partial charge in [0.05, 0.1) is 11.3 Å². The number of nitro benzene ring substituents is 1. The molecule has 0 atom stereocenters. The van der Waals surface area contributed by atoms with Crippen molar-refractivity contribution >= 4 is 23.9 Å². The Kier molecular flexibility index (Phi) is 5.76. The van der Waals surface area contributed by atoms with E-state index in [1.807, 2.05) is 36.4 Å². The molecule has 116 valence electrons. The summed E-state index contributed by atoms with van der Waals surface area (Å²) in [6.45, 7) is 0. The number of allylic oxidation sites excluding steroid dienone is 1. The molecule has 0 unspecified atom stereocenters. The summed E-state index contributed by atoms with van der Waals surface area (Å²) in [6, 6.07) is 15.6. The lowest BCUT2D eigenvalue weighted by molar-refractivity contribution is -0.384. The van der Waals surface area contributed by atoms with Crippen molar-refractivity contribution in [3.8, 4) is 0 Å². The molecule has 2 aromatic carbocycles. The van der Waals surface area contributed by atoms with Gasteiger partial charge >= 0.3 is 0 Å². The van der Waals surface area contributed by atoms with Gasteiger partial charge in [0.25, 0.3) is 5.69 Å². The van der Waals surface area contributed by atoms with Crippen molar-refractivity contribution in [3.63, 3.8) is 0 Å². The second-order valence-electron chi connectivity index (χ2n) is 4.68. The monoisotopic (exact) mass is 309 g/mol. The van der Waals surface area contributed by atoms with E-state index in [4.69, 9.17) is 0 Å². The number of nitrogens with zero attached hydrogens (tertiary/aromatic N) is 2. The average Bonchev–Trinajstić information content (AvgIpc) is 2.56. The Labute approximate surface area is 133 Å². The fraction of sp³-hybridized carbons (Fsp3) is 0.0588. The van der Waals surface area contributed by atoms with E-state index in [0.29, 0.717) is 5.56 Å². The maximum atomic E-state index is 11.7. The van der Waals surface area contributed by atoms with Gasteiger partial charge in [-0.1, -0.05) is 48.5 Å². The Morgan fingerprint density at radius 2 is 1.83 bits per heavy atom. The van der Waals surface area contributed by atoms with Crippen LogP contribution in [-0.2, 0) is 11.2 Å². The molecule has 6 heteroatoms. The molecule has 0 bridgehead atoms. The Morgan fingerprint density at radius 3 is 2.48 bits per heavy atom. The molecule has 0 aromatic heterocycles. The lowest BCUT2D eigenvalue weighted by atomic mass is 10.1. The largest absolute Gasteiger partial charge is 0.273 e. The van der Waals surface area contributed by atoms with E-state index < -0.39 is 4.92 Å². The Bertz CT molecular complexity index is 723. The first-order chi connectivity index (χ1) is 11.1. The van der Waals surface area contributed by atoms with E-state index in [1.165, 1.54) is 18.3 Å². The van der Waals surface area contributed by atoms with Crippen molar-refractivity contribution in [1.29, 1.82) is 0 Å². The number of rotatable bonds is 6. The van der Waals surface area contributed by atoms with Gasteiger partial charge in [-0.3, -0.25) is 14.9 Å². The molecule has 0 heterocycles. The molecule has 0 aliphatic carbocycles. The molecule has 0 spiro atoms. The van der Waals surface area contributed by atoms with Crippen molar-refractivity contribution in [1.82, 2.24) is 5.43 Å². The van der Waals surface area contributed by atoms with Gasteiger partial charge in [0.15, 0.2) is 0 Å². The standard InChI is InChI=1S/C17H15N3O3/c21-17(13-15-8-10-16(11-9-15)20(22)23)19-18-12-4-7-14-5-2-1-3-6-14/h1-12H,13H2,(H,19,21)/b7-4+,18-12+. The fourth-order valence-corrected chi connectivity index (χ4v) is 1.83. The molecular formula is C17H15N3O3. The molecule has 1 amide bonds. The normalized spacial score (nSPS) is 11.0. The highest BCUT2D eigenvalue weighted by atomic mass is 16.6. The minimum absolute atomic E-state index is 0.00164. The van der Waals surface area contributed by atoms with Crippen LogP contribution >= 0.6 is 0 Å². The summed E-state index contributed by atoms with van der Waals surface area (Å²) in [5.41, 5.74) is 4.12. The lowest BCUT2D eigenvalue weighted by Gasteiger charge is -1.99. The van der Waals surface area contributed by atoms with Gasteiger partial charge in [-0.15, -0.1) is 0 Å². The van der Waals surface area contributed by atoms with Gasteiger partial charge in [0.2, 0.25) is 5.91 Å². The number of amides is 1. The smallest absolute Gasteiger partial charge is 0.269 e. The quantitative estimate of drug-likeness (QED) is 0.506. The molecular weight excluding hydrogens is 294 g/mol. The lowest BCUT2D eigenvalue weighted by Crippen LogP contribution is -2.19. The third-order valence-electron chi connectivity index (χ3n) is 2.95. The molecule has 0 saturated carbocycles. The number of nitrogens with one attached hydrogen (secondary N) is 1. The summed E-state index contributed by atoms with van der Waals surface area (Å²) in [5, 5.41) is 14.3. The topological polar surface area (TPSA) is 84.6 Å². The molecule has 0 fully saturated rings. The number of hydrazone groups is 1. The SMILES string of the molecule is O=C(Cc1ccc([N+](=O)[O-])cc1)N/N=C/C=C/c1ccccc1. The first-order valence-electron chi connectivity index (χ1n) is 6.92. The van der Waals surface area contributed by atoms with Gasteiger partial charge in [-0.05, 0) is 17.2 Å². The zero-order valence-corrected chi connectivity index (χ0v) is 12.3. The van der Waals surface area contributed by atoms with Crippen LogP contribution in [0.5, 0.6) is 0 Å². The van der Waals surface area contributed by atoms with Crippen LogP contribution < -0.4 is 5.43 Å². The van der Waals surface area contributed by atoms with Crippen LogP contribution in [0, 0.1) is 10.1 Å². The second kappa shape index (κ2) is 8.23. The molecule has 1 N–H and O–H groups in total. The van der Waals surface area contributed by atoms with Crippen molar-refractivity contribution in [2.24, 2.45) is 5.10 Å². The number of non-ortho nitro benzene ring substituents is 1. The minimum atomic E-state index is -0.479. The van der Waals surface area contributed by atoms with Crippen molar-refractivity contribution in [2.45, 2.75) is 6.42 Å². The van der Waals surface area contributed by atoms with Crippen molar-refractivity contribution < 1.29 is 9.72 Å². The molecule has 0 aliphatic heterocycles. The average molecular weight is 309 g/mol. The van der Waals surface area contributed by atoms with Crippen LogP contribution in [0.15, 0.2) is 65.8 Å². The predicted octanol–water partition coefficient (Wildman–Crippen LogP) is 2.95. The van der Waals surface area contributed by atoms with E-state index >= 15 is 0 Å². The van der Waals surface area contributed by atoms with Crippen molar-refractivity contribution in [3.05, 3.63) is 81.9 Å². The molecule has 0 aliphatic rings. The number of hydrogen-bond acceptors (Lipinski definition) is 4. The number of carbonyl (C=O) groups excluding carboxylic acids is 1. The third kappa shape index (κ3) is 5.55. The number of carbonyl (C=O) groups is 1. The summed E-state index contributed by atoms with van der Waals surface area (Å²) < 4.78 is 0. The highest BCUT2D eigenvalue weighted by Gasteiger charge is 2.06. The highest BCUT2D eigenvalue weighted by molar-refractivity contribution is 5.82. The van der Waals surface area contributed by atoms with E-state index in [1.54, 1.807) is 18.2 Å². The summed E-state index contributed by atoms with van der Waals surface area (Å²) in [4.78, 5) is 21.7. The fourth-order valence-electron chi connectivity index (χ4n) is 1.83. The van der Waals surface area contributed by atoms with E-state index in [0.717, 1.165) is 5.56 Å². The summed E-state index contributed by atoms with van der Waals surface area (Å²) in [6.07, 6.45) is 5.19. The highest BCUT2D eigenvalue weighted by Crippen LogP contribution is 2.12. The Hall–Kier alpha value is -3.28. The summed E-state index contributed by atoms with van der Waals surface area (Å²) in [5.74, 6) is -0.289. The van der Waals surface area contributed by atoms with E-state index in [2.05, 4.69) is 10.5 Å². The van der Waals surface area contributed by atoms with Gasteiger partial charge in [-0.25, -0.2) is 5.43 Å². The molecule has 0 radical (unpaired) electrons. The molecule has 0 saturated heterocycles. The maximum Gasteiger partial charge on any atom is 0.269 e. The Morgan fingerprint density at radius 1 is 1.13 bits per heavy atom. The molecule has 23 heavy (non-hydrogen) atoms. The summed E-state index contributed by atoms with van der Waals surface area (Å²) in [7, 11) is 0. The van der Waals surface area contributed by atoms with Gasteiger partial charge in [-0.2, -0.15) is 5.10 Å². The second-order valence-corrected chi connectivity index (χ2v) is 4.68. The third-order valence-corrected chi connectivity index (χ3v) is 2.95. The first-order valence-corrected chi connectivity index (χ1v) is 6.92. The molecule has 6 nitrogen and oxygen atoms in total. The number of hydrogen-bond donors (Lipinski definition) is 1.